The lowest BCUT2D eigenvalue weighted by molar-refractivity contribution is -0.319. The Balaban J connectivity index is 1.55. The zero-order valence-electron chi connectivity index (χ0n) is 13.1. The first kappa shape index (κ1) is 13.6. The van der Waals surface area contributed by atoms with Crippen molar-refractivity contribution in [2.75, 3.05) is 0 Å². The van der Waals surface area contributed by atoms with Gasteiger partial charge in [0.1, 0.15) is 5.92 Å². The zero-order valence-corrected chi connectivity index (χ0v) is 13.1. The molecule has 116 valence electrons. The van der Waals surface area contributed by atoms with Crippen molar-refractivity contribution < 1.29 is 4.74 Å². The van der Waals surface area contributed by atoms with Crippen LogP contribution in [0.2, 0.25) is 0 Å². The Hall–Kier alpha value is -1.84. The standard InChI is InChI=1S/C20H20N2O/c21-11-17-18(12-22)23-20(17)15-6-13-7-16(20)10-19(8-13,9-15)14-4-2-1-3-5-14/h1-5,13,15-18H,6-10H2/t13?,15-,16+,17-,18+,19?,20?/m1/s1. The smallest absolute Gasteiger partial charge is 0.163 e. The molecule has 1 aromatic carbocycles. The number of ether oxygens (including phenoxy) is 1. The van der Waals surface area contributed by atoms with Crippen LogP contribution in [0.4, 0.5) is 0 Å². The van der Waals surface area contributed by atoms with Gasteiger partial charge in [0.25, 0.3) is 0 Å². The van der Waals surface area contributed by atoms with Gasteiger partial charge in [-0.15, -0.1) is 0 Å². The van der Waals surface area contributed by atoms with Crippen LogP contribution in [-0.2, 0) is 10.2 Å². The predicted octanol–water partition coefficient (Wildman–Crippen LogP) is 3.57. The molecule has 0 aromatic heterocycles. The summed E-state index contributed by atoms with van der Waals surface area (Å²) in [5, 5.41) is 18.9. The van der Waals surface area contributed by atoms with E-state index in [2.05, 4.69) is 42.5 Å². The van der Waals surface area contributed by atoms with E-state index in [1.54, 1.807) is 0 Å². The van der Waals surface area contributed by atoms with Gasteiger partial charge in [0, 0.05) is 0 Å². The molecule has 3 nitrogen and oxygen atoms in total. The lowest BCUT2D eigenvalue weighted by Crippen LogP contribution is -2.74. The summed E-state index contributed by atoms with van der Waals surface area (Å²) in [7, 11) is 0. The van der Waals surface area contributed by atoms with E-state index in [-0.39, 0.29) is 16.9 Å². The largest absolute Gasteiger partial charge is 0.353 e. The van der Waals surface area contributed by atoms with E-state index in [4.69, 9.17) is 4.74 Å². The highest BCUT2D eigenvalue weighted by atomic mass is 16.5. The number of nitriles is 2. The van der Waals surface area contributed by atoms with E-state index in [1.807, 2.05) is 0 Å². The highest BCUT2D eigenvalue weighted by Crippen LogP contribution is 2.69. The van der Waals surface area contributed by atoms with E-state index in [0.717, 1.165) is 18.8 Å². The molecule has 5 fully saturated rings. The fraction of sp³-hybridized carbons (Fsp3) is 0.600. The van der Waals surface area contributed by atoms with Crippen molar-refractivity contribution in [1.82, 2.24) is 0 Å². The Morgan fingerprint density at radius 3 is 2.26 bits per heavy atom. The molecule has 23 heavy (non-hydrogen) atoms. The SMILES string of the molecule is N#C[C@@H]1OC2([C@@H]3CC4C[C@H]2CC(c2ccccc2)(C4)C3)[C@@H]1C#N. The van der Waals surface area contributed by atoms with Gasteiger partial charge in [0.2, 0.25) is 0 Å². The Morgan fingerprint density at radius 1 is 0.957 bits per heavy atom. The van der Waals surface area contributed by atoms with Crippen molar-refractivity contribution in [3.8, 4) is 12.1 Å². The normalized spacial score (nSPS) is 49.4. The molecule has 1 heterocycles. The van der Waals surface area contributed by atoms with Gasteiger partial charge in [-0.2, -0.15) is 10.5 Å². The van der Waals surface area contributed by atoms with Crippen molar-refractivity contribution in [3.05, 3.63) is 35.9 Å². The van der Waals surface area contributed by atoms with Gasteiger partial charge in [-0.05, 0) is 60.8 Å². The van der Waals surface area contributed by atoms with Gasteiger partial charge < -0.3 is 4.74 Å². The molecule has 0 radical (unpaired) electrons. The maximum absolute atomic E-state index is 9.64. The second kappa shape index (κ2) is 4.37. The first-order chi connectivity index (χ1) is 11.2. The third-order valence-corrected chi connectivity index (χ3v) is 7.24. The van der Waals surface area contributed by atoms with Crippen molar-refractivity contribution in [2.24, 2.45) is 23.7 Å². The summed E-state index contributed by atoms with van der Waals surface area (Å²) in [5.41, 5.74) is 1.44. The van der Waals surface area contributed by atoms with Crippen molar-refractivity contribution in [1.29, 1.82) is 10.5 Å². The Labute approximate surface area is 136 Å². The summed E-state index contributed by atoms with van der Waals surface area (Å²) in [6, 6.07) is 15.5. The topological polar surface area (TPSA) is 56.8 Å². The lowest BCUT2D eigenvalue weighted by atomic mass is 9.40. The quantitative estimate of drug-likeness (QED) is 0.797. The number of hydrogen-bond donors (Lipinski definition) is 0. The van der Waals surface area contributed by atoms with Gasteiger partial charge in [0.15, 0.2) is 6.10 Å². The second-order valence-corrected chi connectivity index (χ2v) is 8.12. The first-order valence-electron chi connectivity index (χ1n) is 8.74. The van der Waals surface area contributed by atoms with Crippen LogP contribution >= 0.6 is 0 Å². The van der Waals surface area contributed by atoms with E-state index < -0.39 is 6.10 Å². The monoisotopic (exact) mass is 304 g/mol. The molecule has 3 unspecified atom stereocenters. The first-order valence-corrected chi connectivity index (χ1v) is 8.74. The molecule has 1 saturated heterocycles. The average molecular weight is 304 g/mol. The van der Waals surface area contributed by atoms with E-state index in [1.165, 1.54) is 24.8 Å². The molecule has 1 aliphatic heterocycles. The summed E-state index contributed by atoms with van der Waals surface area (Å²) in [4.78, 5) is 0. The predicted molar refractivity (Wildman–Crippen MR) is 84.0 cm³/mol. The van der Waals surface area contributed by atoms with Crippen LogP contribution in [0.25, 0.3) is 0 Å². The van der Waals surface area contributed by atoms with Crippen LogP contribution in [-0.4, -0.2) is 11.7 Å². The van der Waals surface area contributed by atoms with E-state index in [9.17, 15) is 10.5 Å². The highest BCUT2D eigenvalue weighted by Gasteiger charge is 2.72. The molecule has 4 bridgehead atoms. The fourth-order valence-corrected chi connectivity index (χ4v) is 6.64. The average Bonchev–Trinajstić information content (AvgIpc) is 2.54. The molecular formula is C20H20N2O. The van der Waals surface area contributed by atoms with Crippen LogP contribution in [0.1, 0.15) is 37.7 Å². The third-order valence-electron chi connectivity index (χ3n) is 7.24. The molecule has 7 atom stereocenters. The van der Waals surface area contributed by atoms with Crippen LogP contribution in [0, 0.1) is 46.3 Å². The molecule has 5 aliphatic rings. The number of rotatable bonds is 1. The van der Waals surface area contributed by atoms with Crippen LogP contribution in [0.5, 0.6) is 0 Å². The van der Waals surface area contributed by atoms with Crippen LogP contribution < -0.4 is 0 Å². The Morgan fingerprint density at radius 2 is 1.65 bits per heavy atom. The molecular weight excluding hydrogens is 284 g/mol. The van der Waals surface area contributed by atoms with Gasteiger partial charge in [0.05, 0.1) is 17.7 Å². The molecule has 4 aliphatic carbocycles. The number of nitrogens with zero attached hydrogens (tertiary/aromatic N) is 2. The third kappa shape index (κ3) is 1.52. The van der Waals surface area contributed by atoms with Crippen molar-refractivity contribution in [2.45, 2.75) is 49.2 Å². The van der Waals surface area contributed by atoms with Gasteiger partial charge >= 0.3 is 0 Å². The summed E-state index contributed by atoms with van der Waals surface area (Å²) < 4.78 is 6.15. The molecule has 1 spiro atoms. The Kier molecular flexibility index (Phi) is 2.58. The maximum Gasteiger partial charge on any atom is 0.163 e. The highest BCUT2D eigenvalue weighted by molar-refractivity contribution is 5.34. The lowest BCUT2D eigenvalue weighted by Gasteiger charge is -2.70. The minimum absolute atomic E-state index is 0.227. The Bertz CT molecular complexity index is 712. The zero-order chi connectivity index (χ0) is 15.7. The van der Waals surface area contributed by atoms with Gasteiger partial charge in [-0.1, -0.05) is 30.3 Å². The summed E-state index contributed by atoms with van der Waals surface area (Å²) >= 11 is 0. The molecule has 1 aromatic rings. The minimum Gasteiger partial charge on any atom is -0.353 e. The minimum atomic E-state index is -0.509. The summed E-state index contributed by atoms with van der Waals surface area (Å²) in [6.07, 6.45) is 5.40. The molecule has 6 rings (SSSR count). The summed E-state index contributed by atoms with van der Waals surface area (Å²) in [5.74, 6) is 1.43. The van der Waals surface area contributed by atoms with Gasteiger partial charge in [-0.25, -0.2) is 0 Å². The molecule has 4 saturated carbocycles. The van der Waals surface area contributed by atoms with E-state index in [0.29, 0.717) is 11.8 Å². The molecule has 3 heteroatoms. The molecule has 0 amide bonds. The number of benzene rings is 1. The van der Waals surface area contributed by atoms with Crippen LogP contribution in [0.15, 0.2) is 30.3 Å². The van der Waals surface area contributed by atoms with Crippen molar-refractivity contribution in [3.63, 3.8) is 0 Å². The molecule has 0 N–H and O–H groups in total. The fourth-order valence-electron chi connectivity index (χ4n) is 6.64. The second-order valence-electron chi connectivity index (χ2n) is 8.12. The van der Waals surface area contributed by atoms with Crippen molar-refractivity contribution >= 4 is 0 Å². The van der Waals surface area contributed by atoms with E-state index >= 15 is 0 Å². The van der Waals surface area contributed by atoms with Crippen LogP contribution in [0.3, 0.4) is 0 Å². The summed E-state index contributed by atoms with van der Waals surface area (Å²) in [6.45, 7) is 0. The van der Waals surface area contributed by atoms with Gasteiger partial charge in [-0.3, -0.25) is 0 Å². The number of hydrogen-bond acceptors (Lipinski definition) is 3. The maximum atomic E-state index is 9.64.